The van der Waals surface area contributed by atoms with E-state index in [0.717, 1.165) is 12.8 Å². The van der Waals surface area contributed by atoms with Gasteiger partial charge in [0.05, 0.1) is 18.1 Å². The third-order valence-electron chi connectivity index (χ3n) is 11.5. The molecular formula is C31H46O7. The minimum Gasteiger partial charge on any atom is -0.466 e. The molecule has 0 aliphatic heterocycles. The molecule has 7 heteroatoms. The van der Waals surface area contributed by atoms with E-state index in [9.17, 15) is 29.4 Å². The first-order chi connectivity index (χ1) is 17.6. The summed E-state index contributed by atoms with van der Waals surface area (Å²) in [6.07, 6.45) is 1.27. The molecular weight excluding hydrogens is 484 g/mol. The van der Waals surface area contributed by atoms with Crippen LogP contribution < -0.4 is 0 Å². The predicted molar refractivity (Wildman–Crippen MR) is 142 cm³/mol. The van der Waals surface area contributed by atoms with Gasteiger partial charge in [0.2, 0.25) is 0 Å². The monoisotopic (exact) mass is 530 g/mol. The summed E-state index contributed by atoms with van der Waals surface area (Å²) in [6.45, 7) is 13.8. The first kappa shape index (κ1) is 29.1. The van der Waals surface area contributed by atoms with Crippen molar-refractivity contribution in [1.29, 1.82) is 0 Å². The summed E-state index contributed by atoms with van der Waals surface area (Å²) in [4.78, 5) is 53.2. The van der Waals surface area contributed by atoms with Crippen molar-refractivity contribution in [3.8, 4) is 0 Å². The molecule has 38 heavy (non-hydrogen) atoms. The molecule has 0 aromatic carbocycles. The van der Waals surface area contributed by atoms with Crippen LogP contribution in [0.15, 0.2) is 11.1 Å². The van der Waals surface area contributed by atoms with Gasteiger partial charge in [-0.2, -0.15) is 0 Å². The lowest BCUT2D eigenvalue weighted by Gasteiger charge is -2.61. The molecule has 0 heterocycles. The topological polar surface area (TPSA) is 118 Å². The van der Waals surface area contributed by atoms with E-state index in [1.807, 2.05) is 41.5 Å². The van der Waals surface area contributed by atoms with Crippen LogP contribution in [-0.4, -0.2) is 52.3 Å². The highest BCUT2D eigenvalue weighted by molar-refractivity contribution is 6.08. The summed E-state index contributed by atoms with van der Waals surface area (Å²) >= 11 is 0. The average molecular weight is 531 g/mol. The summed E-state index contributed by atoms with van der Waals surface area (Å²) in [5.41, 5.74) is -2.90. The Hall–Kier alpha value is -1.86. The van der Waals surface area contributed by atoms with Gasteiger partial charge in [-0.25, -0.2) is 0 Å². The number of carbonyl (C=O) groups excluding carboxylic acids is 4. The highest BCUT2D eigenvalue weighted by Gasteiger charge is 2.73. The van der Waals surface area contributed by atoms with Crippen molar-refractivity contribution in [2.45, 2.75) is 112 Å². The number of rotatable bonds is 7. The second kappa shape index (κ2) is 9.65. The Morgan fingerprint density at radius 3 is 2.37 bits per heavy atom. The minimum absolute atomic E-state index is 0.0753. The molecule has 0 bridgehead atoms. The molecule has 7 nitrogen and oxygen atoms in total. The van der Waals surface area contributed by atoms with Crippen LogP contribution in [0.25, 0.3) is 0 Å². The highest BCUT2D eigenvalue weighted by Crippen LogP contribution is 2.70. The van der Waals surface area contributed by atoms with Crippen molar-refractivity contribution in [3.63, 3.8) is 0 Å². The Bertz CT molecular complexity index is 1070. The molecule has 4 aliphatic rings. The zero-order valence-corrected chi connectivity index (χ0v) is 24.2. The maximum Gasteiger partial charge on any atom is 0.305 e. The first-order valence-electron chi connectivity index (χ1n) is 14.5. The van der Waals surface area contributed by atoms with Gasteiger partial charge in [0.1, 0.15) is 17.7 Å². The first-order valence-corrected chi connectivity index (χ1v) is 14.5. The Morgan fingerprint density at radius 2 is 1.74 bits per heavy atom. The lowest BCUT2D eigenvalue weighted by molar-refractivity contribution is -0.158. The number of carbonyl (C=O) groups is 4. The maximum absolute atomic E-state index is 14.1. The summed E-state index contributed by atoms with van der Waals surface area (Å²) in [5.74, 6) is -1.36. The number of Topliss-reactive ketones (excluding diaryl/α,β-unsaturated/α-hetero) is 3. The van der Waals surface area contributed by atoms with Gasteiger partial charge in [0.25, 0.3) is 0 Å². The Balaban J connectivity index is 1.73. The molecule has 8 atom stereocenters. The van der Waals surface area contributed by atoms with Gasteiger partial charge >= 0.3 is 5.97 Å². The third-order valence-corrected chi connectivity index (χ3v) is 11.5. The predicted octanol–water partition coefficient (Wildman–Crippen LogP) is 4.36. The number of fused-ring (bicyclic) bond motifs is 4. The number of esters is 1. The lowest BCUT2D eigenvalue weighted by atomic mass is 9.42. The second-order valence-electron chi connectivity index (χ2n) is 13.7. The largest absolute Gasteiger partial charge is 0.466 e. The van der Waals surface area contributed by atoms with Gasteiger partial charge in [-0.15, -0.1) is 0 Å². The number of ketones is 3. The molecule has 0 amide bonds. The standard InChI is InChI=1S/C31H46O7/c1-8-9-14-38-23(35)11-10-17(2)18-15-22(34)31(7)24-19(32)16-20-28(3,4)21(33)12-13-29(20,5)25(24)26(36)27(37)30(18,31)6/h17-20,27,32,37H,8-16H2,1-7H3/t17-,18-,19+,20+,27-,29+,30+,31+/m1/s1. The average Bonchev–Trinajstić information content (AvgIpc) is 3.07. The Kier molecular flexibility index (Phi) is 7.40. The van der Waals surface area contributed by atoms with Gasteiger partial charge in [0.15, 0.2) is 5.78 Å². The Morgan fingerprint density at radius 1 is 1.08 bits per heavy atom. The van der Waals surface area contributed by atoms with Crippen molar-refractivity contribution < 1.29 is 34.1 Å². The molecule has 0 aromatic heterocycles. The maximum atomic E-state index is 14.1. The van der Waals surface area contributed by atoms with E-state index in [2.05, 4.69) is 0 Å². The molecule has 4 aliphatic carbocycles. The van der Waals surface area contributed by atoms with E-state index in [0.29, 0.717) is 43.4 Å². The molecule has 0 radical (unpaired) electrons. The van der Waals surface area contributed by atoms with E-state index >= 15 is 0 Å². The zero-order valence-electron chi connectivity index (χ0n) is 24.2. The van der Waals surface area contributed by atoms with E-state index in [1.165, 1.54) is 0 Å². The van der Waals surface area contributed by atoms with Crippen LogP contribution >= 0.6 is 0 Å². The fourth-order valence-corrected chi connectivity index (χ4v) is 8.88. The molecule has 2 fully saturated rings. The molecule has 0 saturated heterocycles. The number of ether oxygens (including phenoxy) is 1. The van der Waals surface area contributed by atoms with Gasteiger partial charge in [-0.3, -0.25) is 19.2 Å². The van der Waals surface area contributed by atoms with Gasteiger partial charge in [-0.1, -0.05) is 48.0 Å². The summed E-state index contributed by atoms with van der Waals surface area (Å²) in [6, 6.07) is 0. The van der Waals surface area contributed by atoms with Crippen LogP contribution in [0.5, 0.6) is 0 Å². The number of aliphatic hydroxyl groups excluding tert-OH is 2. The fourth-order valence-electron chi connectivity index (χ4n) is 8.88. The third kappa shape index (κ3) is 3.81. The number of unbranched alkanes of at least 4 members (excludes halogenated alkanes) is 1. The quantitative estimate of drug-likeness (QED) is 0.371. The summed E-state index contributed by atoms with van der Waals surface area (Å²) in [5, 5.41) is 23.4. The van der Waals surface area contributed by atoms with Crippen molar-refractivity contribution in [2.75, 3.05) is 6.61 Å². The van der Waals surface area contributed by atoms with Crippen LogP contribution in [0.3, 0.4) is 0 Å². The molecule has 0 unspecified atom stereocenters. The van der Waals surface area contributed by atoms with Crippen LogP contribution in [-0.2, 0) is 23.9 Å². The Labute approximate surface area is 226 Å². The summed E-state index contributed by atoms with van der Waals surface area (Å²) in [7, 11) is 0. The van der Waals surface area contributed by atoms with E-state index < -0.39 is 39.7 Å². The number of aliphatic hydroxyl groups is 2. The van der Waals surface area contributed by atoms with Crippen molar-refractivity contribution >= 4 is 23.3 Å². The van der Waals surface area contributed by atoms with Crippen LogP contribution in [0.4, 0.5) is 0 Å². The molecule has 212 valence electrons. The van der Waals surface area contributed by atoms with E-state index in [-0.39, 0.29) is 48.1 Å². The number of hydrogen-bond donors (Lipinski definition) is 2. The van der Waals surface area contributed by atoms with Crippen molar-refractivity contribution in [3.05, 3.63) is 11.1 Å². The van der Waals surface area contributed by atoms with Crippen molar-refractivity contribution in [1.82, 2.24) is 0 Å². The highest BCUT2D eigenvalue weighted by atomic mass is 16.5. The van der Waals surface area contributed by atoms with Crippen molar-refractivity contribution in [2.24, 2.45) is 39.4 Å². The van der Waals surface area contributed by atoms with Gasteiger partial charge in [0, 0.05) is 41.1 Å². The van der Waals surface area contributed by atoms with Gasteiger partial charge < -0.3 is 14.9 Å². The second-order valence-corrected chi connectivity index (χ2v) is 13.7. The van der Waals surface area contributed by atoms with Crippen LogP contribution in [0.1, 0.15) is 99.8 Å². The van der Waals surface area contributed by atoms with E-state index in [4.69, 9.17) is 4.74 Å². The fraction of sp³-hybridized carbons (Fsp3) is 0.806. The molecule has 0 aromatic rings. The normalized spacial score (nSPS) is 40.9. The summed E-state index contributed by atoms with van der Waals surface area (Å²) < 4.78 is 5.30. The van der Waals surface area contributed by atoms with Gasteiger partial charge in [-0.05, 0) is 55.9 Å². The smallest absolute Gasteiger partial charge is 0.305 e. The molecule has 4 rings (SSSR count). The molecule has 0 spiro atoms. The number of hydrogen-bond acceptors (Lipinski definition) is 7. The SMILES string of the molecule is CCCCOC(=O)CC[C@@H](C)[C@H]1CC(=O)[C@@]2(C)C3=C(C(=O)[C@@H](O)[C@]12C)[C@@]1(C)CCC(=O)C(C)(C)[C@@H]1C[C@@H]3O. The molecule has 2 saturated carbocycles. The lowest BCUT2D eigenvalue weighted by Crippen LogP contribution is -2.64. The molecule has 2 N–H and O–H groups in total. The van der Waals surface area contributed by atoms with Crippen LogP contribution in [0, 0.1) is 39.4 Å². The van der Waals surface area contributed by atoms with E-state index in [1.54, 1.807) is 6.92 Å². The minimum atomic E-state index is -1.41. The van der Waals surface area contributed by atoms with Crippen LogP contribution in [0.2, 0.25) is 0 Å². The zero-order chi connectivity index (χ0) is 28.4.